The molecule has 0 radical (unpaired) electrons. The summed E-state index contributed by atoms with van der Waals surface area (Å²) < 4.78 is 11.1. The van der Waals surface area contributed by atoms with Gasteiger partial charge in [0, 0.05) is 17.7 Å². The summed E-state index contributed by atoms with van der Waals surface area (Å²) >= 11 is 0. The fourth-order valence-electron chi connectivity index (χ4n) is 4.21. The molecule has 5 heteroatoms. The molecule has 0 saturated heterocycles. The summed E-state index contributed by atoms with van der Waals surface area (Å²) in [6.45, 7) is 0.893. The minimum Gasteiger partial charge on any atom is -0.493 e. The van der Waals surface area contributed by atoms with Crippen LogP contribution in [0.25, 0.3) is 0 Å². The molecule has 5 rings (SSSR count). The van der Waals surface area contributed by atoms with Crippen LogP contribution in [0.4, 0.5) is 5.69 Å². The first-order chi connectivity index (χ1) is 14.3. The lowest BCUT2D eigenvalue weighted by molar-refractivity contribution is 0.311. The van der Waals surface area contributed by atoms with Gasteiger partial charge in [-0.05, 0) is 36.2 Å². The zero-order valence-corrected chi connectivity index (χ0v) is 16.6. The van der Waals surface area contributed by atoms with Gasteiger partial charge in [0.1, 0.15) is 0 Å². The van der Waals surface area contributed by atoms with Crippen molar-refractivity contribution in [3.63, 3.8) is 0 Å². The summed E-state index contributed by atoms with van der Waals surface area (Å²) in [5.74, 6) is 2.52. The lowest BCUT2D eigenvalue weighted by atomic mass is 9.95. The average molecular weight is 385 g/mol. The first-order valence-corrected chi connectivity index (χ1v) is 9.80. The maximum absolute atomic E-state index is 5.60. The molecule has 2 heterocycles. The van der Waals surface area contributed by atoms with E-state index in [-0.39, 0.29) is 6.17 Å². The number of fused-ring (bicyclic) bond motifs is 3. The van der Waals surface area contributed by atoms with Crippen LogP contribution in [0.5, 0.6) is 11.5 Å². The standard InChI is InChI=1S/C24H23N3O2/c1-28-21-15-18-13-14-26-23(17-9-5-3-6-10-17)25-27(19-11-7-4-8-12-19)24(26)20(18)16-22(21)29-2/h3-12,15-16,24H,13-14H2,1-2H3/t24-/m1/s1. The molecule has 0 saturated carbocycles. The molecule has 0 amide bonds. The third kappa shape index (κ3) is 2.90. The van der Waals surface area contributed by atoms with E-state index in [4.69, 9.17) is 14.6 Å². The van der Waals surface area contributed by atoms with E-state index in [0.717, 1.165) is 41.6 Å². The van der Waals surface area contributed by atoms with Crippen molar-refractivity contribution in [2.45, 2.75) is 12.6 Å². The van der Waals surface area contributed by atoms with Crippen molar-refractivity contribution in [1.29, 1.82) is 0 Å². The zero-order valence-electron chi connectivity index (χ0n) is 16.6. The van der Waals surface area contributed by atoms with E-state index in [1.165, 1.54) is 11.1 Å². The van der Waals surface area contributed by atoms with Crippen LogP contribution in [0.2, 0.25) is 0 Å². The molecule has 0 N–H and O–H groups in total. The number of amidine groups is 1. The molecule has 146 valence electrons. The maximum atomic E-state index is 5.60. The smallest absolute Gasteiger partial charge is 0.161 e. The number of anilines is 1. The molecule has 0 aromatic heterocycles. The van der Waals surface area contributed by atoms with E-state index < -0.39 is 0 Å². The number of benzene rings is 3. The normalized spacial score (nSPS) is 17.4. The van der Waals surface area contributed by atoms with Gasteiger partial charge < -0.3 is 14.4 Å². The van der Waals surface area contributed by atoms with Gasteiger partial charge in [-0.25, -0.2) is 5.01 Å². The van der Waals surface area contributed by atoms with E-state index >= 15 is 0 Å². The van der Waals surface area contributed by atoms with Gasteiger partial charge in [-0.2, -0.15) is 5.10 Å². The molecule has 0 bridgehead atoms. The number of methoxy groups -OCH3 is 2. The molecule has 0 fully saturated rings. The number of rotatable bonds is 4. The van der Waals surface area contributed by atoms with Crippen molar-refractivity contribution in [2.24, 2.45) is 5.10 Å². The molecule has 5 nitrogen and oxygen atoms in total. The molecule has 2 aliphatic heterocycles. The minimum absolute atomic E-state index is 0.0174. The predicted octanol–water partition coefficient (Wildman–Crippen LogP) is 4.44. The SMILES string of the molecule is COc1cc2c(cc1OC)[C@@H]1N(CC2)C(c2ccccc2)=NN1c1ccccc1. The molecule has 0 spiro atoms. The monoisotopic (exact) mass is 385 g/mol. The number of para-hydroxylation sites is 1. The first-order valence-electron chi connectivity index (χ1n) is 9.80. The summed E-state index contributed by atoms with van der Waals surface area (Å²) in [6, 6.07) is 24.9. The fraction of sp³-hybridized carbons (Fsp3) is 0.208. The number of hydrazone groups is 1. The second-order valence-electron chi connectivity index (χ2n) is 7.19. The summed E-state index contributed by atoms with van der Waals surface area (Å²) in [4.78, 5) is 2.39. The molecular weight excluding hydrogens is 362 g/mol. The Kier molecular flexibility index (Phi) is 4.35. The highest BCUT2D eigenvalue weighted by atomic mass is 16.5. The van der Waals surface area contributed by atoms with Gasteiger partial charge in [0.25, 0.3) is 0 Å². The predicted molar refractivity (Wildman–Crippen MR) is 115 cm³/mol. The topological polar surface area (TPSA) is 37.3 Å². The van der Waals surface area contributed by atoms with Gasteiger partial charge >= 0.3 is 0 Å². The van der Waals surface area contributed by atoms with E-state index in [9.17, 15) is 0 Å². The first kappa shape index (κ1) is 17.6. The van der Waals surface area contributed by atoms with Crippen LogP contribution in [0, 0.1) is 0 Å². The second-order valence-corrected chi connectivity index (χ2v) is 7.19. The molecule has 3 aromatic carbocycles. The van der Waals surface area contributed by atoms with Crippen LogP contribution in [-0.4, -0.2) is 31.5 Å². The Labute approximate surface area is 170 Å². The Morgan fingerprint density at radius 3 is 2.21 bits per heavy atom. The van der Waals surface area contributed by atoms with Crippen LogP contribution in [0.15, 0.2) is 77.9 Å². The summed E-state index contributed by atoms with van der Waals surface area (Å²) in [6.07, 6.45) is 0.914. The van der Waals surface area contributed by atoms with Crippen molar-refractivity contribution in [3.05, 3.63) is 89.5 Å². The van der Waals surface area contributed by atoms with Crippen LogP contribution < -0.4 is 14.5 Å². The number of ether oxygens (including phenoxy) is 2. The van der Waals surface area contributed by atoms with Gasteiger partial charge in [0.05, 0.1) is 19.9 Å². The molecule has 29 heavy (non-hydrogen) atoms. The third-order valence-electron chi connectivity index (χ3n) is 5.60. The summed E-state index contributed by atoms with van der Waals surface area (Å²) in [5.41, 5.74) is 4.66. The Morgan fingerprint density at radius 1 is 0.862 bits per heavy atom. The quantitative estimate of drug-likeness (QED) is 0.665. The van der Waals surface area contributed by atoms with Crippen LogP contribution in [-0.2, 0) is 6.42 Å². The maximum Gasteiger partial charge on any atom is 0.161 e. The lowest BCUT2D eigenvalue weighted by Gasteiger charge is -2.37. The van der Waals surface area contributed by atoms with Gasteiger partial charge in [-0.3, -0.25) is 0 Å². The highest BCUT2D eigenvalue weighted by Gasteiger charge is 2.40. The van der Waals surface area contributed by atoms with Crippen LogP contribution >= 0.6 is 0 Å². The Bertz CT molecular complexity index is 1050. The lowest BCUT2D eigenvalue weighted by Crippen LogP contribution is -2.40. The molecule has 0 unspecified atom stereocenters. The minimum atomic E-state index is -0.0174. The Hall–Kier alpha value is -3.47. The summed E-state index contributed by atoms with van der Waals surface area (Å²) in [7, 11) is 3.36. The van der Waals surface area contributed by atoms with Gasteiger partial charge in [0.2, 0.25) is 0 Å². The van der Waals surface area contributed by atoms with E-state index in [2.05, 4.69) is 58.4 Å². The van der Waals surface area contributed by atoms with E-state index in [0.29, 0.717) is 0 Å². The van der Waals surface area contributed by atoms with E-state index in [1.54, 1.807) is 14.2 Å². The molecule has 2 aliphatic rings. The highest BCUT2D eigenvalue weighted by Crippen LogP contribution is 2.44. The van der Waals surface area contributed by atoms with Crippen molar-refractivity contribution < 1.29 is 9.47 Å². The molecule has 3 aromatic rings. The van der Waals surface area contributed by atoms with Crippen LogP contribution in [0.3, 0.4) is 0 Å². The highest BCUT2D eigenvalue weighted by molar-refractivity contribution is 6.01. The Morgan fingerprint density at radius 2 is 1.52 bits per heavy atom. The van der Waals surface area contributed by atoms with Crippen molar-refractivity contribution in [1.82, 2.24) is 4.90 Å². The molecule has 1 atom stereocenters. The largest absolute Gasteiger partial charge is 0.493 e. The second kappa shape index (κ2) is 7.17. The van der Waals surface area contributed by atoms with Crippen LogP contribution in [0.1, 0.15) is 22.9 Å². The number of nitrogens with zero attached hydrogens (tertiary/aromatic N) is 3. The fourth-order valence-corrected chi connectivity index (χ4v) is 4.21. The molecule has 0 aliphatic carbocycles. The van der Waals surface area contributed by atoms with Gasteiger partial charge in [-0.15, -0.1) is 0 Å². The van der Waals surface area contributed by atoms with Crippen molar-refractivity contribution in [2.75, 3.05) is 25.8 Å². The average Bonchev–Trinajstić information content (AvgIpc) is 3.19. The van der Waals surface area contributed by atoms with Gasteiger partial charge in [-0.1, -0.05) is 48.5 Å². The van der Waals surface area contributed by atoms with Gasteiger partial charge in [0.15, 0.2) is 23.5 Å². The Balaban J connectivity index is 1.66. The third-order valence-corrected chi connectivity index (χ3v) is 5.60. The number of hydrogen-bond acceptors (Lipinski definition) is 5. The molecular formula is C24H23N3O2. The van der Waals surface area contributed by atoms with E-state index in [1.807, 2.05) is 24.3 Å². The number of hydrogen-bond donors (Lipinski definition) is 0. The summed E-state index contributed by atoms with van der Waals surface area (Å²) in [5, 5.41) is 7.19. The van der Waals surface area contributed by atoms with Crippen molar-refractivity contribution >= 4 is 11.5 Å². The van der Waals surface area contributed by atoms with Crippen molar-refractivity contribution in [3.8, 4) is 11.5 Å². The zero-order chi connectivity index (χ0) is 19.8.